The molecule has 1 aliphatic rings. The first-order chi connectivity index (χ1) is 25.3. The molecule has 2 rings (SSSR count). The maximum atomic E-state index is 14.2. The van der Waals surface area contributed by atoms with E-state index in [4.69, 9.17) is 9.47 Å². The normalized spacial score (nSPS) is 19.1. The summed E-state index contributed by atoms with van der Waals surface area (Å²) in [4.78, 5) is 70.6. The summed E-state index contributed by atoms with van der Waals surface area (Å²) in [5.41, 5.74) is 0.630. The number of carboxylic acids is 1. The molecule has 306 valence electrons. The highest BCUT2D eigenvalue weighted by atomic mass is 32.1. The van der Waals surface area contributed by atoms with Crippen molar-refractivity contribution in [2.24, 2.45) is 23.7 Å². The van der Waals surface area contributed by atoms with Crippen LogP contribution >= 0.6 is 12.8 Å². The Balaban J connectivity index is 2.27. The molecule has 15 heteroatoms. The fourth-order valence-electron chi connectivity index (χ4n) is 7.55. The minimum Gasteiger partial charge on any atom is -0.508 e. The van der Waals surface area contributed by atoms with E-state index in [1.165, 1.54) is 26.4 Å². The van der Waals surface area contributed by atoms with Gasteiger partial charge in [-0.2, -0.15) is 0 Å². The van der Waals surface area contributed by atoms with Gasteiger partial charge in [0, 0.05) is 34.2 Å². The minimum absolute atomic E-state index is 0.0161. The Bertz CT molecular complexity index is 1390. The zero-order valence-electron chi connectivity index (χ0n) is 33.9. The molecule has 4 amide bonds. The highest BCUT2D eigenvalue weighted by Crippen LogP contribution is 2.30. The van der Waals surface area contributed by atoms with E-state index in [0.29, 0.717) is 31.4 Å². The van der Waals surface area contributed by atoms with Gasteiger partial charge >= 0.3 is 5.97 Å². The standard InChI is InChI=1S/C39H65N5O9S/c1-12-24(6)34(42(8)38(49)32(22(2)3)41-37(48)33(23(4)5)43(9)54)30(52-10)21-31(46)44-19-13-14-29(44)35(53-11)25(7)36(47)40-28(39(50)51)20-26-15-17-27(45)18-16-26/h15-18,22-25,28-30,32-35,45,54H,12-14,19-21H2,1-11H3,(H,40,47)(H,41,48)(H,50,51)/t24?,25-,28?,29+,30-,32+,33+,34+,35-/m1/s1. The number of hydrogen-bond acceptors (Lipinski definition) is 10. The molecule has 0 saturated carbocycles. The summed E-state index contributed by atoms with van der Waals surface area (Å²) < 4.78 is 13.4. The van der Waals surface area contributed by atoms with E-state index in [9.17, 15) is 34.2 Å². The lowest BCUT2D eigenvalue weighted by Gasteiger charge is -2.41. The van der Waals surface area contributed by atoms with E-state index in [1.807, 2.05) is 41.5 Å². The van der Waals surface area contributed by atoms with Crippen LogP contribution in [-0.4, -0.2) is 131 Å². The van der Waals surface area contributed by atoms with Gasteiger partial charge in [0.05, 0.1) is 36.6 Å². The number of hydrogen-bond donors (Lipinski definition) is 5. The second kappa shape index (κ2) is 21.6. The number of carbonyl (C=O) groups is 5. The monoisotopic (exact) mass is 779 g/mol. The molecule has 0 aromatic heterocycles. The van der Waals surface area contributed by atoms with Gasteiger partial charge in [0.1, 0.15) is 23.9 Å². The molecule has 0 bridgehead atoms. The summed E-state index contributed by atoms with van der Waals surface area (Å²) in [7, 11) is 6.38. The van der Waals surface area contributed by atoms with Crippen LogP contribution in [0.4, 0.5) is 0 Å². The van der Waals surface area contributed by atoms with Crippen molar-refractivity contribution in [2.75, 3.05) is 34.9 Å². The second-order valence-corrected chi connectivity index (χ2v) is 16.0. The first-order valence-corrected chi connectivity index (χ1v) is 19.4. The molecule has 2 unspecified atom stereocenters. The Hall–Kier alpha value is -3.40. The predicted octanol–water partition coefficient (Wildman–Crippen LogP) is 3.37. The van der Waals surface area contributed by atoms with E-state index < -0.39 is 60.2 Å². The number of carbonyl (C=O) groups excluding carboxylic acids is 4. The SMILES string of the molecule is CCC(C)[C@@H]([C@@H](CC(=O)N1CCC[C@H]1[C@H](OC)[C@@H](C)C(=O)NC(Cc1ccc(O)cc1)C(=O)O)OC)N(C)C(=O)[C@@H](NC(=O)[C@H](C(C)C)N(C)S)C(C)C. The van der Waals surface area contributed by atoms with Gasteiger partial charge in [0.25, 0.3) is 0 Å². The average molecular weight is 780 g/mol. The number of amides is 4. The number of likely N-dealkylation sites (N-methyl/N-ethyl adjacent to an activating group) is 2. The van der Waals surface area contributed by atoms with Crippen LogP contribution in [0, 0.1) is 23.7 Å². The zero-order chi connectivity index (χ0) is 41.0. The summed E-state index contributed by atoms with van der Waals surface area (Å²) in [6, 6.07) is 2.55. The van der Waals surface area contributed by atoms with Crippen LogP contribution in [-0.2, 0) is 39.9 Å². The topological polar surface area (TPSA) is 178 Å². The second-order valence-electron chi connectivity index (χ2n) is 15.4. The number of ether oxygens (including phenoxy) is 2. The number of thiol groups is 1. The fraction of sp³-hybridized carbons (Fsp3) is 0.718. The Morgan fingerprint density at radius 2 is 1.56 bits per heavy atom. The van der Waals surface area contributed by atoms with Crippen LogP contribution in [0.1, 0.15) is 79.7 Å². The van der Waals surface area contributed by atoms with Crippen LogP contribution in [0.5, 0.6) is 5.75 Å². The smallest absolute Gasteiger partial charge is 0.326 e. The number of likely N-dealkylation sites (tertiary alicyclic amines) is 1. The fourth-order valence-corrected chi connectivity index (χ4v) is 7.92. The van der Waals surface area contributed by atoms with Crippen molar-refractivity contribution in [1.82, 2.24) is 24.7 Å². The summed E-state index contributed by atoms with van der Waals surface area (Å²) >= 11 is 4.37. The Morgan fingerprint density at radius 3 is 2.04 bits per heavy atom. The van der Waals surface area contributed by atoms with Gasteiger partial charge in [-0.05, 0) is 55.3 Å². The van der Waals surface area contributed by atoms with Gasteiger partial charge in [-0.15, -0.1) is 0 Å². The van der Waals surface area contributed by atoms with Crippen LogP contribution in [0.3, 0.4) is 0 Å². The van der Waals surface area contributed by atoms with Crippen LogP contribution in [0.15, 0.2) is 24.3 Å². The lowest BCUT2D eigenvalue weighted by Crippen LogP contribution is -2.59. The summed E-state index contributed by atoms with van der Waals surface area (Å²) in [5, 5.41) is 25.1. The number of nitrogens with one attached hydrogen (secondary N) is 2. The summed E-state index contributed by atoms with van der Waals surface area (Å²) in [5.74, 6) is -3.62. The maximum absolute atomic E-state index is 14.2. The number of methoxy groups -OCH3 is 2. The lowest BCUT2D eigenvalue weighted by molar-refractivity contribution is -0.148. The first kappa shape index (κ1) is 46.8. The molecule has 4 N–H and O–H groups in total. The third-order valence-electron chi connectivity index (χ3n) is 10.8. The molecule has 1 saturated heterocycles. The molecule has 14 nitrogen and oxygen atoms in total. The molecule has 0 spiro atoms. The van der Waals surface area contributed by atoms with Crippen LogP contribution in [0.25, 0.3) is 0 Å². The van der Waals surface area contributed by atoms with Gasteiger partial charge < -0.3 is 40.1 Å². The van der Waals surface area contributed by atoms with E-state index in [2.05, 4.69) is 23.4 Å². The molecule has 1 aromatic rings. The van der Waals surface area contributed by atoms with Crippen LogP contribution < -0.4 is 10.6 Å². The van der Waals surface area contributed by atoms with Crippen molar-refractivity contribution in [3.05, 3.63) is 29.8 Å². The van der Waals surface area contributed by atoms with Crippen molar-refractivity contribution in [2.45, 2.75) is 123 Å². The molecule has 1 fully saturated rings. The first-order valence-electron chi connectivity index (χ1n) is 19.0. The molecular weight excluding hydrogens is 715 g/mol. The Morgan fingerprint density at radius 1 is 0.944 bits per heavy atom. The van der Waals surface area contributed by atoms with Crippen molar-refractivity contribution in [3.8, 4) is 5.75 Å². The summed E-state index contributed by atoms with van der Waals surface area (Å²) in [6.45, 7) is 13.7. The van der Waals surface area contributed by atoms with Crippen molar-refractivity contribution in [1.29, 1.82) is 0 Å². The third kappa shape index (κ3) is 12.3. The van der Waals surface area contributed by atoms with Crippen molar-refractivity contribution >= 4 is 42.4 Å². The number of aromatic hydroxyl groups is 1. The van der Waals surface area contributed by atoms with Crippen molar-refractivity contribution in [3.63, 3.8) is 0 Å². The van der Waals surface area contributed by atoms with E-state index in [0.717, 1.165) is 0 Å². The van der Waals surface area contributed by atoms with E-state index >= 15 is 0 Å². The molecular formula is C39H65N5O9S. The number of aliphatic carboxylic acids is 1. The predicted molar refractivity (Wildman–Crippen MR) is 210 cm³/mol. The highest BCUT2D eigenvalue weighted by molar-refractivity contribution is 7.77. The quantitative estimate of drug-likeness (QED) is 0.116. The van der Waals surface area contributed by atoms with Gasteiger partial charge in [-0.1, -0.05) is 79.8 Å². The average Bonchev–Trinajstić information content (AvgIpc) is 3.59. The highest BCUT2D eigenvalue weighted by Gasteiger charge is 2.43. The third-order valence-corrected chi connectivity index (χ3v) is 11.0. The molecule has 9 atom stereocenters. The molecule has 1 aliphatic heterocycles. The number of phenolic OH excluding ortho intramolecular Hbond substituents is 1. The molecule has 1 aromatic carbocycles. The van der Waals surface area contributed by atoms with E-state index in [-0.39, 0.29) is 54.1 Å². The number of phenols is 1. The summed E-state index contributed by atoms with van der Waals surface area (Å²) in [6.07, 6.45) is 0.530. The molecule has 1 heterocycles. The minimum atomic E-state index is -1.22. The largest absolute Gasteiger partial charge is 0.508 e. The molecule has 0 radical (unpaired) electrons. The lowest BCUT2D eigenvalue weighted by atomic mass is 9.89. The van der Waals surface area contributed by atoms with Gasteiger partial charge in [0.15, 0.2) is 0 Å². The van der Waals surface area contributed by atoms with E-state index in [1.54, 1.807) is 47.3 Å². The van der Waals surface area contributed by atoms with Gasteiger partial charge in [-0.3, -0.25) is 19.2 Å². The number of carboxylic acid groups (broad SMARTS) is 1. The zero-order valence-corrected chi connectivity index (χ0v) is 34.8. The number of nitrogens with zero attached hydrogens (tertiary/aromatic N) is 3. The van der Waals surface area contributed by atoms with Gasteiger partial charge in [-0.25, -0.2) is 9.10 Å². The maximum Gasteiger partial charge on any atom is 0.326 e. The van der Waals surface area contributed by atoms with Crippen LogP contribution in [0.2, 0.25) is 0 Å². The number of rotatable bonds is 21. The molecule has 54 heavy (non-hydrogen) atoms. The van der Waals surface area contributed by atoms with Crippen molar-refractivity contribution < 1.29 is 43.7 Å². The number of benzene rings is 1. The Labute approximate surface area is 327 Å². The van der Waals surface area contributed by atoms with Gasteiger partial charge in [0.2, 0.25) is 23.6 Å². The molecule has 0 aliphatic carbocycles. The Kier molecular flexibility index (Phi) is 18.7.